The second-order valence-electron chi connectivity index (χ2n) is 6.11. The topological polar surface area (TPSA) is 35.9 Å². The highest BCUT2D eigenvalue weighted by Crippen LogP contribution is 2.38. The SMILES string of the molecule is COc1ccccc1N1CCOC1c1ccn(-c2ccccc2OC)c1. The standard InChI is InChI=1S/C21H22N2O3/c1-24-19-9-5-3-7-17(19)22-12-11-16(15-22)21-23(13-14-26-21)18-8-4-6-10-20(18)25-2/h3-12,15,21H,13-14H2,1-2H3. The molecule has 2 heterocycles. The van der Waals surface area contributed by atoms with E-state index in [1.54, 1.807) is 14.2 Å². The first-order chi connectivity index (χ1) is 12.8. The molecule has 1 fully saturated rings. The fourth-order valence-electron chi connectivity index (χ4n) is 3.41. The van der Waals surface area contributed by atoms with E-state index >= 15 is 0 Å². The highest BCUT2D eigenvalue weighted by Gasteiger charge is 2.29. The molecule has 3 aromatic rings. The summed E-state index contributed by atoms with van der Waals surface area (Å²) in [7, 11) is 3.38. The predicted molar refractivity (Wildman–Crippen MR) is 101 cm³/mol. The Morgan fingerprint density at radius 3 is 2.27 bits per heavy atom. The normalized spacial score (nSPS) is 16.7. The van der Waals surface area contributed by atoms with Gasteiger partial charge in [0.05, 0.1) is 32.2 Å². The fourth-order valence-corrected chi connectivity index (χ4v) is 3.41. The third-order valence-electron chi connectivity index (χ3n) is 4.65. The smallest absolute Gasteiger partial charge is 0.158 e. The van der Waals surface area contributed by atoms with Crippen LogP contribution >= 0.6 is 0 Å². The van der Waals surface area contributed by atoms with Crippen molar-refractivity contribution in [1.29, 1.82) is 0 Å². The Bertz CT molecular complexity index is 890. The Hall–Kier alpha value is -2.92. The van der Waals surface area contributed by atoms with E-state index in [-0.39, 0.29) is 6.23 Å². The molecule has 1 aliphatic rings. The molecule has 0 N–H and O–H groups in total. The van der Waals surface area contributed by atoms with Crippen LogP contribution in [0.1, 0.15) is 11.8 Å². The van der Waals surface area contributed by atoms with Gasteiger partial charge in [-0.2, -0.15) is 0 Å². The van der Waals surface area contributed by atoms with Gasteiger partial charge in [0.1, 0.15) is 11.5 Å². The molecule has 0 saturated carbocycles. The molecule has 5 nitrogen and oxygen atoms in total. The Kier molecular flexibility index (Phi) is 4.54. The van der Waals surface area contributed by atoms with E-state index in [4.69, 9.17) is 14.2 Å². The van der Waals surface area contributed by atoms with Crippen LogP contribution in [0.25, 0.3) is 5.69 Å². The fraction of sp³-hybridized carbons (Fsp3) is 0.238. The van der Waals surface area contributed by atoms with Gasteiger partial charge < -0.3 is 23.7 Å². The van der Waals surface area contributed by atoms with Gasteiger partial charge in [-0.15, -0.1) is 0 Å². The maximum Gasteiger partial charge on any atom is 0.158 e. The molecule has 5 heteroatoms. The summed E-state index contributed by atoms with van der Waals surface area (Å²) in [5, 5.41) is 0. The lowest BCUT2D eigenvalue weighted by molar-refractivity contribution is 0.113. The Labute approximate surface area is 153 Å². The van der Waals surface area contributed by atoms with Crippen LogP contribution in [0.2, 0.25) is 0 Å². The zero-order valence-electron chi connectivity index (χ0n) is 15.0. The van der Waals surface area contributed by atoms with E-state index in [1.807, 2.05) is 48.7 Å². The Morgan fingerprint density at radius 1 is 0.885 bits per heavy atom. The molecule has 0 aliphatic carbocycles. The average molecular weight is 350 g/mol. The van der Waals surface area contributed by atoms with Crippen molar-refractivity contribution in [3.63, 3.8) is 0 Å². The molecule has 0 spiro atoms. The molecule has 1 unspecified atom stereocenters. The van der Waals surface area contributed by atoms with Crippen LogP contribution in [0.3, 0.4) is 0 Å². The summed E-state index contributed by atoms with van der Waals surface area (Å²) in [5.74, 6) is 1.69. The van der Waals surface area contributed by atoms with E-state index in [2.05, 4.69) is 27.8 Å². The lowest BCUT2D eigenvalue weighted by Crippen LogP contribution is -2.23. The summed E-state index contributed by atoms with van der Waals surface area (Å²) in [6.07, 6.45) is 3.99. The Morgan fingerprint density at radius 2 is 1.54 bits per heavy atom. The van der Waals surface area contributed by atoms with E-state index in [0.717, 1.165) is 35.0 Å². The van der Waals surface area contributed by atoms with E-state index in [0.29, 0.717) is 6.61 Å². The minimum absolute atomic E-state index is 0.137. The summed E-state index contributed by atoms with van der Waals surface area (Å²) in [6.45, 7) is 1.51. The van der Waals surface area contributed by atoms with Crippen molar-refractivity contribution in [1.82, 2.24) is 4.57 Å². The summed E-state index contributed by atoms with van der Waals surface area (Å²) in [6, 6.07) is 18.1. The van der Waals surface area contributed by atoms with Crippen molar-refractivity contribution >= 4 is 5.69 Å². The first-order valence-corrected chi connectivity index (χ1v) is 8.64. The molecule has 1 atom stereocenters. The maximum absolute atomic E-state index is 6.04. The van der Waals surface area contributed by atoms with Crippen molar-refractivity contribution in [2.75, 3.05) is 32.3 Å². The molecule has 4 rings (SSSR count). The second kappa shape index (κ2) is 7.14. The molecular formula is C21H22N2O3. The third-order valence-corrected chi connectivity index (χ3v) is 4.65. The van der Waals surface area contributed by atoms with Gasteiger partial charge in [-0.3, -0.25) is 0 Å². The van der Waals surface area contributed by atoms with Crippen LogP contribution in [0.4, 0.5) is 5.69 Å². The van der Waals surface area contributed by atoms with Crippen molar-refractivity contribution in [2.24, 2.45) is 0 Å². The lowest BCUT2D eigenvalue weighted by Gasteiger charge is -2.26. The number of benzene rings is 2. The molecule has 1 aliphatic heterocycles. The van der Waals surface area contributed by atoms with Gasteiger partial charge in [0, 0.05) is 24.5 Å². The summed E-state index contributed by atoms with van der Waals surface area (Å²) >= 11 is 0. The van der Waals surface area contributed by atoms with Crippen LogP contribution < -0.4 is 14.4 Å². The first-order valence-electron chi connectivity index (χ1n) is 8.64. The van der Waals surface area contributed by atoms with Crippen molar-refractivity contribution in [3.8, 4) is 17.2 Å². The number of rotatable bonds is 5. The summed E-state index contributed by atoms with van der Waals surface area (Å²) in [4.78, 5) is 2.24. The molecule has 26 heavy (non-hydrogen) atoms. The number of ether oxygens (including phenoxy) is 3. The molecule has 0 amide bonds. The van der Waals surface area contributed by atoms with Crippen LogP contribution in [-0.2, 0) is 4.74 Å². The zero-order chi connectivity index (χ0) is 17.9. The molecule has 0 radical (unpaired) electrons. The van der Waals surface area contributed by atoms with Crippen LogP contribution in [0.15, 0.2) is 67.0 Å². The largest absolute Gasteiger partial charge is 0.495 e. The van der Waals surface area contributed by atoms with Gasteiger partial charge in [-0.25, -0.2) is 0 Å². The van der Waals surface area contributed by atoms with Crippen LogP contribution in [0.5, 0.6) is 11.5 Å². The first kappa shape index (κ1) is 16.5. The third kappa shape index (κ3) is 2.91. The van der Waals surface area contributed by atoms with Gasteiger partial charge in [-0.1, -0.05) is 24.3 Å². The van der Waals surface area contributed by atoms with Crippen LogP contribution in [0, 0.1) is 0 Å². The average Bonchev–Trinajstić information content (AvgIpc) is 3.37. The van der Waals surface area contributed by atoms with Gasteiger partial charge in [0.2, 0.25) is 0 Å². The predicted octanol–water partition coefficient (Wildman–Crippen LogP) is 4.03. The summed E-state index contributed by atoms with van der Waals surface area (Å²) < 4.78 is 19.1. The number of methoxy groups -OCH3 is 2. The summed E-state index contributed by atoms with van der Waals surface area (Å²) in [5.41, 5.74) is 3.14. The van der Waals surface area contributed by atoms with Crippen molar-refractivity contribution in [3.05, 3.63) is 72.6 Å². The number of hydrogen-bond donors (Lipinski definition) is 0. The van der Waals surface area contributed by atoms with Gasteiger partial charge in [0.15, 0.2) is 6.23 Å². The zero-order valence-corrected chi connectivity index (χ0v) is 15.0. The molecule has 2 aromatic carbocycles. The number of hydrogen-bond acceptors (Lipinski definition) is 4. The molecular weight excluding hydrogens is 328 g/mol. The van der Waals surface area contributed by atoms with E-state index in [1.165, 1.54) is 0 Å². The second-order valence-corrected chi connectivity index (χ2v) is 6.11. The van der Waals surface area contributed by atoms with Crippen molar-refractivity contribution in [2.45, 2.75) is 6.23 Å². The quantitative estimate of drug-likeness (QED) is 0.696. The monoisotopic (exact) mass is 350 g/mol. The van der Waals surface area contributed by atoms with Gasteiger partial charge in [-0.05, 0) is 30.3 Å². The van der Waals surface area contributed by atoms with Gasteiger partial charge >= 0.3 is 0 Å². The molecule has 1 saturated heterocycles. The lowest BCUT2D eigenvalue weighted by atomic mass is 10.2. The number of para-hydroxylation sites is 4. The van der Waals surface area contributed by atoms with E-state index in [9.17, 15) is 0 Å². The Balaban J connectivity index is 1.66. The highest BCUT2D eigenvalue weighted by atomic mass is 16.5. The van der Waals surface area contributed by atoms with Gasteiger partial charge in [0.25, 0.3) is 0 Å². The number of aromatic nitrogens is 1. The van der Waals surface area contributed by atoms with Crippen molar-refractivity contribution < 1.29 is 14.2 Å². The minimum atomic E-state index is -0.137. The molecule has 0 bridgehead atoms. The number of nitrogens with zero attached hydrogens (tertiary/aromatic N) is 2. The minimum Gasteiger partial charge on any atom is -0.495 e. The highest BCUT2D eigenvalue weighted by molar-refractivity contribution is 5.60. The maximum atomic E-state index is 6.04. The number of anilines is 1. The van der Waals surface area contributed by atoms with Crippen LogP contribution in [-0.4, -0.2) is 31.9 Å². The molecule has 1 aromatic heterocycles. The molecule has 134 valence electrons. The van der Waals surface area contributed by atoms with E-state index < -0.39 is 0 Å².